The van der Waals surface area contributed by atoms with Crippen molar-refractivity contribution in [1.29, 1.82) is 0 Å². The fourth-order valence-corrected chi connectivity index (χ4v) is 4.10. The first-order chi connectivity index (χ1) is 19.3. The highest BCUT2D eigenvalue weighted by Gasteiger charge is 2.28. The highest BCUT2D eigenvalue weighted by molar-refractivity contribution is 5.68. The van der Waals surface area contributed by atoms with Crippen LogP contribution in [0.4, 0.5) is 9.59 Å². The van der Waals surface area contributed by atoms with Gasteiger partial charge < -0.3 is 19.9 Å². The Hall–Kier alpha value is -3.95. The number of ether oxygens (including phenoxy) is 2. The van der Waals surface area contributed by atoms with Crippen LogP contribution in [0.5, 0.6) is 0 Å². The summed E-state index contributed by atoms with van der Waals surface area (Å²) in [6.07, 6.45) is 1.55. The molecule has 0 saturated carbocycles. The van der Waals surface area contributed by atoms with Crippen molar-refractivity contribution >= 4 is 12.2 Å². The van der Waals surface area contributed by atoms with Gasteiger partial charge in [-0.05, 0) is 76.3 Å². The van der Waals surface area contributed by atoms with Crippen LogP contribution in [0.1, 0.15) is 52.7 Å². The molecule has 0 aliphatic carbocycles. The number of nitrogens with one attached hydrogen (secondary N) is 2. The summed E-state index contributed by atoms with van der Waals surface area (Å²) >= 11 is 0. The number of carbonyl (C=O) groups is 2. The first kappa shape index (κ1) is 31.6. The zero-order valence-electron chi connectivity index (χ0n) is 24.8. The largest absolute Gasteiger partial charge is 0.444 e. The fraction of sp³-hybridized carbons (Fsp3) is 0.406. The summed E-state index contributed by atoms with van der Waals surface area (Å²) in [4.78, 5) is 29.6. The lowest BCUT2D eigenvalue weighted by molar-refractivity contribution is 0.0106. The number of hydrazine groups is 1. The quantitative estimate of drug-likeness (QED) is 0.280. The number of carbonyl (C=O) groups excluding carboxylic acids is 2. The molecule has 2 atom stereocenters. The number of hydrogen-bond donors (Lipinski definition) is 3. The summed E-state index contributed by atoms with van der Waals surface area (Å²) in [5.74, 6) is 0. The smallest absolute Gasteiger partial charge is 0.422 e. The normalized spacial score (nSPS) is 13.3. The lowest BCUT2D eigenvalue weighted by atomic mass is 10.0. The molecule has 0 radical (unpaired) electrons. The van der Waals surface area contributed by atoms with E-state index in [0.717, 1.165) is 22.3 Å². The summed E-state index contributed by atoms with van der Waals surface area (Å²) in [6, 6.07) is 20.6. The number of rotatable bonds is 10. The van der Waals surface area contributed by atoms with Crippen molar-refractivity contribution in [3.05, 3.63) is 90.3 Å². The molecule has 0 unspecified atom stereocenters. The van der Waals surface area contributed by atoms with Gasteiger partial charge in [0.2, 0.25) is 0 Å². The molecule has 0 spiro atoms. The lowest BCUT2D eigenvalue weighted by Crippen LogP contribution is -2.54. The van der Waals surface area contributed by atoms with Crippen molar-refractivity contribution in [2.75, 3.05) is 6.54 Å². The highest BCUT2D eigenvalue weighted by Crippen LogP contribution is 2.19. The van der Waals surface area contributed by atoms with Crippen LogP contribution < -0.4 is 10.7 Å². The minimum atomic E-state index is -1.06. The van der Waals surface area contributed by atoms with Gasteiger partial charge in [0.15, 0.2) is 0 Å². The van der Waals surface area contributed by atoms with Gasteiger partial charge in [0.1, 0.15) is 11.2 Å². The third kappa shape index (κ3) is 11.6. The standard InChI is InChI=1S/C32H42N4O5/c1-31(2,3)40-29(38)34-27(19-23-11-8-7-9-12-23)28(37)22-36(35-30(39)41-32(4,5)6)21-24-14-16-25(17-15-24)26-13-10-18-33-20-26/h7-18,20,27-28,37H,19,21-22H2,1-6H3,(H,34,38)(H,35,39)/t27-,28-/m0/s1. The fourth-order valence-electron chi connectivity index (χ4n) is 4.10. The van der Waals surface area contributed by atoms with E-state index in [1.54, 1.807) is 58.9 Å². The second-order valence-corrected chi connectivity index (χ2v) is 11.9. The Bertz CT molecular complexity index is 1240. The van der Waals surface area contributed by atoms with E-state index in [1.165, 1.54) is 0 Å². The molecule has 1 heterocycles. The molecule has 0 saturated heterocycles. The summed E-state index contributed by atoms with van der Waals surface area (Å²) < 4.78 is 10.9. The van der Waals surface area contributed by atoms with E-state index in [1.807, 2.05) is 66.7 Å². The Labute approximate surface area is 242 Å². The number of alkyl carbamates (subject to hydrolysis) is 1. The highest BCUT2D eigenvalue weighted by atomic mass is 16.6. The van der Waals surface area contributed by atoms with Crippen LogP contribution in [0.25, 0.3) is 11.1 Å². The third-order valence-electron chi connectivity index (χ3n) is 5.84. The number of aromatic nitrogens is 1. The van der Waals surface area contributed by atoms with Crippen molar-refractivity contribution in [2.24, 2.45) is 0 Å². The SMILES string of the molecule is CC(C)(C)OC(=O)N[C@@H](Cc1ccccc1)[C@@H](O)CN(Cc1ccc(-c2cccnc2)cc1)NC(=O)OC(C)(C)C. The molecule has 41 heavy (non-hydrogen) atoms. The van der Waals surface area contributed by atoms with Gasteiger partial charge in [0.25, 0.3) is 0 Å². The van der Waals surface area contributed by atoms with E-state index < -0.39 is 35.5 Å². The molecule has 9 nitrogen and oxygen atoms in total. The number of aliphatic hydroxyl groups is 1. The number of nitrogens with zero attached hydrogens (tertiary/aromatic N) is 2. The molecule has 0 aliphatic heterocycles. The molecule has 2 amide bonds. The molecule has 9 heteroatoms. The molecular weight excluding hydrogens is 520 g/mol. The second-order valence-electron chi connectivity index (χ2n) is 11.9. The van der Waals surface area contributed by atoms with E-state index in [2.05, 4.69) is 15.7 Å². The molecule has 2 aromatic carbocycles. The minimum absolute atomic E-state index is 0.0108. The maximum atomic E-state index is 12.7. The number of hydrogen-bond acceptors (Lipinski definition) is 7. The zero-order chi connectivity index (χ0) is 30.0. The molecule has 1 aromatic heterocycles. The summed E-state index contributed by atoms with van der Waals surface area (Å²) in [6.45, 7) is 11.0. The Balaban J connectivity index is 1.80. The van der Waals surface area contributed by atoms with E-state index in [0.29, 0.717) is 6.42 Å². The van der Waals surface area contributed by atoms with Crippen molar-refractivity contribution in [2.45, 2.75) is 77.9 Å². The minimum Gasteiger partial charge on any atom is -0.444 e. The maximum absolute atomic E-state index is 12.7. The van der Waals surface area contributed by atoms with Crippen LogP contribution in [0.3, 0.4) is 0 Å². The number of aliphatic hydroxyl groups excluding tert-OH is 1. The van der Waals surface area contributed by atoms with E-state index >= 15 is 0 Å². The first-order valence-corrected chi connectivity index (χ1v) is 13.7. The summed E-state index contributed by atoms with van der Waals surface area (Å²) in [5.41, 5.74) is 5.22. The van der Waals surface area contributed by atoms with Gasteiger partial charge in [0, 0.05) is 25.5 Å². The average molecular weight is 563 g/mol. The second kappa shape index (κ2) is 14.1. The van der Waals surface area contributed by atoms with Crippen LogP contribution in [-0.4, -0.2) is 57.2 Å². The molecule has 3 rings (SSSR count). The summed E-state index contributed by atoms with van der Waals surface area (Å²) in [5, 5.41) is 15.8. The van der Waals surface area contributed by atoms with Gasteiger partial charge in [-0.2, -0.15) is 0 Å². The Morgan fingerprint density at radius 3 is 2.05 bits per heavy atom. The topological polar surface area (TPSA) is 113 Å². The molecular formula is C32H42N4O5. The van der Waals surface area contributed by atoms with Gasteiger partial charge in [0.05, 0.1) is 12.1 Å². The van der Waals surface area contributed by atoms with Gasteiger partial charge in [-0.3, -0.25) is 10.4 Å². The van der Waals surface area contributed by atoms with Crippen molar-refractivity contribution < 1.29 is 24.2 Å². The van der Waals surface area contributed by atoms with Crippen LogP contribution in [0.15, 0.2) is 79.1 Å². The maximum Gasteiger partial charge on any atom is 0.422 e. The predicted molar refractivity (Wildman–Crippen MR) is 159 cm³/mol. The van der Waals surface area contributed by atoms with Gasteiger partial charge >= 0.3 is 12.2 Å². The van der Waals surface area contributed by atoms with Crippen LogP contribution >= 0.6 is 0 Å². The number of pyridine rings is 1. The van der Waals surface area contributed by atoms with Crippen molar-refractivity contribution in [3.8, 4) is 11.1 Å². The molecule has 0 bridgehead atoms. The van der Waals surface area contributed by atoms with Crippen LogP contribution in [0.2, 0.25) is 0 Å². The molecule has 3 N–H and O–H groups in total. The molecule has 220 valence electrons. The zero-order valence-corrected chi connectivity index (χ0v) is 24.8. The number of amides is 2. The average Bonchev–Trinajstić information content (AvgIpc) is 2.87. The Morgan fingerprint density at radius 1 is 0.829 bits per heavy atom. The Morgan fingerprint density at radius 2 is 1.46 bits per heavy atom. The van der Waals surface area contributed by atoms with Gasteiger partial charge in [-0.25, -0.2) is 14.6 Å². The van der Waals surface area contributed by atoms with Gasteiger partial charge in [-0.1, -0.05) is 60.7 Å². The van der Waals surface area contributed by atoms with Crippen molar-refractivity contribution in [3.63, 3.8) is 0 Å². The van der Waals surface area contributed by atoms with Gasteiger partial charge in [-0.15, -0.1) is 0 Å². The van der Waals surface area contributed by atoms with E-state index in [-0.39, 0.29) is 13.1 Å². The molecule has 3 aromatic rings. The molecule has 0 aliphatic rings. The third-order valence-corrected chi connectivity index (χ3v) is 5.84. The predicted octanol–water partition coefficient (Wildman–Crippen LogP) is 5.49. The van der Waals surface area contributed by atoms with Crippen LogP contribution in [0, 0.1) is 0 Å². The Kier molecular flexibility index (Phi) is 10.9. The monoisotopic (exact) mass is 562 g/mol. The van der Waals surface area contributed by atoms with Crippen LogP contribution in [-0.2, 0) is 22.4 Å². The first-order valence-electron chi connectivity index (χ1n) is 13.7. The summed E-state index contributed by atoms with van der Waals surface area (Å²) in [7, 11) is 0. The lowest BCUT2D eigenvalue weighted by Gasteiger charge is -2.31. The number of benzene rings is 2. The van der Waals surface area contributed by atoms with Crippen molar-refractivity contribution in [1.82, 2.24) is 20.7 Å². The van der Waals surface area contributed by atoms with E-state index in [4.69, 9.17) is 9.47 Å². The van der Waals surface area contributed by atoms with E-state index in [9.17, 15) is 14.7 Å². The molecule has 0 fully saturated rings.